The molecule has 0 saturated heterocycles. The third-order valence-corrected chi connectivity index (χ3v) is 1.45. The van der Waals surface area contributed by atoms with Crippen LogP contribution in [0.25, 0.3) is 0 Å². The van der Waals surface area contributed by atoms with Crippen LogP contribution in [0.4, 0.5) is 0 Å². The zero-order chi connectivity index (χ0) is 6.69. The molecule has 0 unspecified atom stereocenters. The van der Waals surface area contributed by atoms with Gasteiger partial charge in [0.15, 0.2) is 0 Å². The Labute approximate surface area is 53.0 Å². The Bertz CT molecular complexity index is 130. The second-order valence-corrected chi connectivity index (χ2v) is 2.14. The van der Waals surface area contributed by atoms with Gasteiger partial charge >= 0.3 is 0 Å². The molecule has 9 heavy (non-hydrogen) atoms. The molecule has 1 saturated carbocycles. The normalized spacial score (nSPS) is 26.2. The van der Waals surface area contributed by atoms with Gasteiger partial charge in [-0.3, -0.25) is 9.59 Å². The number of ether oxygens (including phenoxy) is 1. The molecule has 1 aliphatic rings. The lowest BCUT2D eigenvalue weighted by molar-refractivity contribution is -0.133. The molecule has 1 rings (SSSR count). The number of rotatable bonds is 2. The lowest BCUT2D eigenvalue weighted by Gasteiger charge is -2.02. The molecule has 3 heteroatoms. The van der Waals surface area contributed by atoms with Gasteiger partial charge in [0.25, 0.3) is 6.47 Å². The SMILES string of the molecule is O=CO[C@H]1CCC(=O)C1. The molecule has 0 aromatic rings. The lowest BCUT2D eigenvalue weighted by Crippen LogP contribution is -2.06. The van der Waals surface area contributed by atoms with Crippen LogP contribution >= 0.6 is 0 Å². The van der Waals surface area contributed by atoms with Crippen molar-refractivity contribution in [3.8, 4) is 0 Å². The van der Waals surface area contributed by atoms with Crippen LogP contribution in [0.2, 0.25) is 0 Å². The van der Waals surface area contributed by atoms with E-state index >= 15 is 0 Å². The van der Waals surface area contributed by atoms with Crippen LogP contribution in [0.3, 0.4) is 0 Å². The fourth-order valence-electron chi connectivity index (χ4n) is 0.975. The highest BCUT2D eigenvalue weighted by molar-refractivity contribution is 5.81. The Morgan fingerprint density at radius 1 is 1.67 bits per heavy atom. The molecule has 1 atom stereocenters. The Kier molecular flexibility index (Phi) is 1.82. The van der Waals surface area contributed by atoms with E-state index in [1.807, 2.05) is 0 Å². The van der Waals surface area contributed by atoms with Crippen molar-refractivity contribution >= 4 is 12.3 Å². The summed E-state index contributed by atoms with van der Waals surface area (Å²) in [5.41, 5.74) is 0. The molecule has 3 nitrogen and oxygen atoms in total. The molecule has 50 valence electrons. The average molecular weight is 128 g/mol. The number of ketones is 1. The van der Waals surface area contributed by atoms with Gasteiger partial charge in [-0.2, -0.15) is 0 Å². The Morgan fingerprint density at radius 2 is 2.44 bits per heavy atom. The Morgan fingerprint density at radius 3 is 2.89 bits per heavy atom. The van der Waals surface area contributed by atoms with Gasteiger partial charge in [-0.25, -0.2) is 0 Å². The average Bonchev–Trinajstić information content (AvgIpc) is 2.17. The standard InChI is InChI=1S/C6H8O3/c7-4-9-6-2-1-5(8)3-6/h4,6H,1-3H2/t6-/m0/s1. The number of carbonyl (C=O) groups is 2. The smallest absolute Gasteiger partial charge is 0.293 e. The van der Waals surface area contributed by atoms with E-state index in [0.29, 0.717) is 25.7 Å². The summed E-state index contributed by atoms with van der Waals surface area (Å²) in [5.74, 6) is 0.196. The molecule has 0 N–H and O–H groups in total. The van der Waals surface area contributed by atoms with Crippen LogP contribution in [0.1, 0.15) is 19.3 Å². The van der Waals surface area contributed by atoms with Crippen molar-refractivity contribution in [2.75, 3.05) is 0 Å². The monoisotopic (exact) mass is 128 g/mol. The molecule has 0 amide bonds. The van der Waals surface area contributed by atoms with Gasteiger partial charge in [0.05, 0.1) is 0 Å². The molecule has 0 aromatic heterocycles. The minimum Gasteiger partial charge on any atom is -0.464 e. The Balaban J connectivity index is 2.29. The zero-order valence-electron chi connectivity index (χ0n) is 5.00. The van der Waals surface area contributed by atoms with E-state index in [-0.39, 0.29) is 11.9 Å². The molecule has 1 fully saturated rings. The predicted molar refractivity (Wildman–Crippen MR) is 29.8 cm³/mol. The first kappa shape index (κ1) is 6.26. The van der Waals surface area contributed by atoms with E-state index in [0.717, 1.165) is 0 Å². The van der Waals surface area contributed by atoms with Crippen LogP contribution in [0, 0.1) is 0 Å². The van der Waals surface area contributed by atoms with E-state index in [9.17, 15) is 9.59 Å². The van der Waals surface area contributed by atoms with Crippen LogP contribution in [0.15, 0.2) is 0 Å². The summed E-state index contributed by atoms with van der Waals surface area (Å²) in [6.45, 7) is 0.406. The molecule has 1 aliphatic carbocycles. The summed E-state index contributed by atoms with van der Waals surface area (Å²) >= 11 is 0. The third kappa shape index (κ3) is 1.52. The summed E-state index contributed by atoms with van der Waals surface area (Å²) in [5, 5.41) is 0. The van der Waals surface area contributed by atoms with Crippen molar-refractivity contribution in [2.45, 2.75) is 25.4 Å². The van der Waals surface area contributed by atoms with E-state index in [1.54, 1.807) is 0 Å². The fraction of sp³-hybridized carbons (Fsp3) is 0.667. The summed E-state index contributed by atoms with van der Waals surface area (Å²) in [7, 11) is 0. The van der Waals surface area contributed by atoms with E-state index in [1.165, 1.54) is 0 Å². The summed E-state index contributed by atoms with van der Waals surface area (Å²) < 4.78 is 4.57. The van der Waals surface area contributed by atoms with Crippen LogP contribution in [0.5, 0.6) is 0 Å². The topological polar surface area (TPSA) is 43.4 Å². The first-order valence-corrected chi connectivity index (χ1v) is 2.93. The van der Waals surface area contributed by atoms with Gasteiger partial charge < -0.3 is 4.74 Å². The molecular weight excluding hydrogens is 120 g/mol. The summed E-state index contributed by atoms with van der Waals surface area (Å²) in [6, 6.07) is 0. The predicted octanol–water partition coefficient (Wildman–Crippen LogP) is 0.281. The molecule has 0 aromatic carbocycles. The summed E-state index contributed by atoms with van der Waals surface area (Å²) in [4.78, 5) is 20.3. The molecule has 0 spiro atoms. The molecule has 0 heterocycles. The number of Topliss-reactive ketones (excluding diaryl/α,β-unsaturated/α-hetero) is 1. The maximum atomic E-state index is 10.5. The van der Waals surface area contributed by atoms with Gasteiger partial charge in [0.1, 0.15) is 11.9 Å². The minimum atomic E-state index is -0.130. The molecule has 0 bridgehead atoms. The molecule has 0 aliphatic heterocycles. The maximum Gasteiger partial charge on any atom is 0.293 e. The van der Waals surface area contributed by atoms with E-state index < -0.39 is 0 Å². The van der Waals surface area contributed by atoms with Crippen LogP contribution in [-0.2, 0) is 14.3 Å². The van der Waals surface area contributed by atoms with E-state index in [2.05, 4.69) is 4.74 Å². The van der Waals surface area contributed by atoms with Gasteiger partial charge in [0, 0.05) is 12.8 Å². The highest BCUT2D eigenvalue weighted by atomic mass is 16.5. The van der Waals surface area contributed by atoms with Gasteiger partial charge in [0.2, 0.25) is 0 Å². The van der Waals surface area contributed by atoms with Crippen LogP contribution < -0.4 is 0 Å². The zero-order valence-corrected chi connectivity index (χ0v) is 5.00. The Hall–Kier alpha value is -0.860. The second kappa shape index (κ2) is 2.62. The maximum absolute atomic E-state index is 10.5. The second-order valence-electron chi connectivity index (χ2n) is 2.14. The number of hydrogen-bond acceptors (Lipinski definition) is 3. The van der Waals surface area contributed by atoms with Crippen molar-refractivity contribution in [1.82, 2.24) is 0 Å². The van der Waals surface area contributed by atoms with Gasteiger partial charge in [-0.1, -0.05) is 0 Å². The first-order valence-electron chi connectivity index (χ1n) is 2.93. The lowest BCUT2D eigenvalue weighted by atomic mass is 10.3. The largest absolute Gasteiger partial charge is 0.464 e. The van der Waals surface area contributed by atoms with Crippen molar-refractivity contribution in [3.63, 3.8) is 0 Å². The molecular formula is C6H8O3. The summed E-state index contributed by atoms with van der Waals surface area (Å²) in [6.07, 6.45) is 1.56. The van der Waals surface area contributed by atoms with Gasteiger partial charge in [-0.05, 0) is 6.42 Å². The fourth-order valence-corrected chi connectivity index (χ4v) is 0.975. The molecule has 0 radical (unpaired) electrons. The van der Waals surface area contributed by atoms with Crippen molar-refractivity contribution < 1.29 is 14.3 Å². The number of carbonyl (C=O) groups excluding carboxylic acids is 2. The quantitative estimate of drug-likeness (QED) is 0.502. The number of hydrogen-bond donors (Lipinski definition) is 0. The highest BCUT2D eigenvalue weighted by Crippen LogP contribution is 2.16. The third-order valence-electron chi connectivity index (χ3n) is 1.45. The highest BCUT2D eigenvalue weighted by Gasteiger charge is 2.22. The van der Waals surface area contributed by atoms with Gasteiger partial charge in [-0.15, -0.1) is 0 Å². The van der Waals surface area contributed by atoms with Crippen molar-refractivity contribution in [1.29, 1.82) is 0 Å². The van der Waals surface area contributed by atoms with E-state index in [4.69, 9.17) is 0 Å². The van der Waals surface area contributed by atoms with Crippen LogP contribution in [-0.4, -0.2) is 18.4 Å². The van der Waals surface area contributed by atoms with Crippen molar-refractivity contribution in [3.05, 3.63) is 0 Å². The first-order chi connectivity index (χ1) is 4.33. The van der Waals surface area contributed by atoms with Crippen molar-refractivity contribution in [2.24, 2.45) is 0 Å². The minimum absolute atomic E-state index is 0.130.